The van der Waals surface area contributed by atoms with Crippen LogP contribution >= 0.6 is 0 Å². The highest BCUT2D eigenvalue weighted by Gasteiger charge is 2.18. The summed E-state index contributed by atoms with van der Waals surface area (Å²) in [6, 6.07) is 26.7. The Kier molecular flexibility index (Phi) is 6.61. The molecule has 4 heteroatoms. The van der Waals surface area contributed by atoms with E-state index in [4.69, 9.17) is 0 Å². The maximum absolute atomic E-state index is 12.5. The summed E-state index contributed by atoms with van der Waals surface area (Å²) in [6.45, 7) is 1.11. The van der Waals surface area contributed by atoms with Gasteiger partial charge in [-0.3, -0.25) is 4.79 Å². The monoisotopic (exact) mass is 360 g/mol. The summed E-state index contributed by atoms with van der Waals surface area (Å²) in [5.74, 6) is 0.131. The van der Waals surface area contributed by atoms with Crippen LogP contribution in [0.5, 0.6) is 5.75 Å². The highest BCUT2D eigenvalue weighted by atomic mass is 16.3. The summed E-state index contributed by atoms with van der Waals surface area (Å²) >= 11 is 0. The van der Waals surface area contributed by atoms with Crippen LogP contribution in [0.2, 0.25) is 0 Å². The van der Waals surface area contributed by atoms with Crippen molar-refractivity contribution < 1.29 is 9.90 Å². The highest BCUT2D eigenvalue weighted by Crippen LogP contribution is 2.26. The van der Waals surface area contributed by atoms with Gasteiger partial charge >= 0.3 is 0 Å². The third-order valence-electron chi connectivity index (χ3n) is 4.43. The molecule has 0 unspecified atom stereocenters. The first-order valence-electron chi connectivity index (χ1n) is 9.08. The average Bonchev–Trinajstić information content (AvgIpc) is 2.72. The van der Waals surface area contributed by atoms with E-state index >= 15 is 0 Å². The molecule has 0 saturated heterocycles. The SMILES string of the molecule is O=C(C[C@H](NCc1ccccc1)c1ccccc1O)NCc1ccccc1. The van der Waals surface area contributed by atoms with Crippen molar-refractivity contribution in [1.29, 1.82) is 0 Å². The highest BCUT2D eigenvalue weighted by molar-refractivity contribution is 5.77. The summed E-state index contributed by atoms with van der Waals surface area (Å²) in [4.78, 5) is 12.5. The molecule has 0 aliphatic heterocycles. The molecule has 0 fully saturated rings. The number of hydrogen-bond donors (Lipinski definition) is 3. The van der Waals surface area contributed by atoms with Gasteiger partial charge in [-0.25, -0.2) is 0 Å². The van der Waals surface area contributed by atoms with Crippen LogP contribution in [0, 0.1) is 0 Å². The van der Waals surface area contributed by atoms with E-state index in [1.807, 2.05) is 72.8 Å². The predicted molar refractivity (Wildman–Crippen MR) is 107 cm³/mol. The number of nitrogens with one attached hydrogen (secondary N) is 2. The lowest BCUT2D eigenvalue weighted by molar-refractivity contribution is -0.121. The maximum atomic E-state index is 12.5. The van der Waals surface area contributed by atoms with E-state index in [1.54, 1.807) is 12.1 Å². The largest absolute Gasteiger partial charge is 0.508 e. The number of phenols is 1. The zero-order valence-corrected chi connectivity index (χ0v) is 15.1. The summed E-state index contributed by atoms with van der Waals surface area (Å²) in [5, 5.41) is 16.6. The second-order valence-corrected chi connectivity index (χ2v) is 6.44. The lowest BCUT2D eigenvalue weighted by Crippen LogP contribution is -2.30. The molecular weight excluding hydrogens is 336 g/mol. The molecule has 0 aliphatic rings. The summed E-state index contributed by atoms with van der Waals surface area (Å²) in [7, 11) is 0. The van der Waals surface area contributed by atoms with E-state index < -0.39 is 0 Å². The second-order valence-electron chi connectivity index (χ2n) is 6.44. The Morgan fingerprint density at radius 3 is 1.96 bits per heavy atom. The van der Waals surface area contributed by atoms with E-state index in [-0.39, 0.29) is 24.1 Å². The first kappa shape index (κ1) is 18.7. The molecule has 3 N–H and O–H groups in total. The lowest BCUT2D eigenvalue weighted by Gasteiger charge is -2.20. The minimum Gasteiger partial charge on any atom is -0.508 e. The van der Waals surface area contributed by atoms with Gasteiger partial charge in [-0.1, -0.05) is 78.9 Å². The zero-order chi connectivity index (χ0) is 18.9. The number of hydrogen-bond acceptors (Lipinski definition) is 3. The van der Waals surface area contributed by atoms with E-state index in [0.717, 1.165) is 16.7 Å². The lowest BCUT2D eigenvalue weighted by atomic mass is 10.0. The Hall–Kier alpha value is -3.11. The van der Waals surface area contributed by atoms with Crippen LogP contribution in [0.1, 0.15) is 29.2 Å². The average molecular weight is 360 g/mol. The van der Waals surface area contributed by atoms with Gasteiger partial charge in [-0.05, 0) is 17.2 Å². The van der Waals surface area contributed by atoms with Crippen LogP contribution in [0.4, 0.5) is 0 Å². The Morgan fingerprint density at radius 2 is 1.33 bits per heavy atom. The fourth-order valence-corrected chi connectivity index (χ4v) is 2.97. The van der Waals surface area contributed by atoms with Gasteiger partial charge in [0.15, 0.2) is 0 Å². The van der Waals surface area contributed by atoms with Crippen molar-refractivity contribution in [3.8, 4) is 5.75 Å². The number of phenolic OH excluding ortho intramolecular Hbond substituents is 1. The Morgan fingerprint density at radius 1 is 0.778 bits per heavy atom. The van der Waals surface area contributed by atoms with Crippen LogP contribution in [0.25, 0.3) is 0 Å². The number of carbonyl (C=O) groups excluding carboxylic acids is 1. The molecule has 138 valence electrons. The zero-order valence-electron chi connectivity index (χ0n) is 15.1. The summed E-state index contributed by atoms with van der Waals surface area (Å²) < 4.78 is 0. The van der Waals surface area contributed by atoms with Gasteiger partial charge < -0.3 is 15.7 Å². The van der Waals surface area contributed by atoms with Gasteiger partial charge in [0, 0.05) is 31.1 Å². The molecule has 0 heterocycles. The molecule has 0 saturated carbocycles. The molecule has 3 aromatic rings. The smallest absolute Gasteiger partial charge is 0.222 e. The Bertz CT molecular complexity index is 851. The van der Waals surface area contributed by atoms with E-state index in [2.05, 4.69) is 10.6 Å². The maximum Gasteiger partial charge on any atom is 0.222 e. The van der Waals surface area contributed by atoms with Crippen molar-refractivity contribution in [2.75, 3.05) is 0 Å². The summed E-state index contributed by atoms with van der Waals surface area (Å²) in [6.07, 6.45) is 0.247. The van der Waals surface area contributed by atoms with Crippen molar-refractivity contribution in [2.24, 2.45) is 0 Å². The Balaban J connectivity index is 1.65. The third-order valence-corrected chi connectivity index (χ3v) is 4.43. The molecule has 4 nitrogen and oxygen atoms in total. The molecule has 27 heavy (non-hydrogen) atoms. The number of amides is 1. The molecule has 1 amide bonds. The number of benzene rings is 3. The van der Waals surface area contributed by atoms with Crippen LogP contribution < -0.4 is 10.6 Å². The third kappa shape index (κ3) is 5.69. The molecule has 0 aromatic heterocycles. The minimum absolute atomic E-state index is 0.0623. The summed E-state index contributed by atoms with van der Waals surface area (Å²) in [5.41, 5.74) is 2.91. The quantitative estimate of drug-likeness (QED) is 0.570. The predicted octanol–water partition coefficient (Wildman–Crippen LogP) is 3.93. The van der Waals surface area contributed by atoms with Gasteiger partial charge in [0.05, 0.1) is 0 Å². The minimum atomic E-state index is -0.276. The fraction of sp³-hybridized carbons (Fsp3) is 0.174. The number of carbonyl (C=O) groups is 1. The van der Waals surface area contributed by atoms with Crippen LogP contribution in [-0.2, 0) is 17.9 Å². The Labute approximate surface area is 159 Å². The normalized spacial score (nSPS) is 11.7. The number of aromatic hydroxyl groups is 1. The van der Waals surface area contributed by atoms with Crippen LogP contribution in [0.3, 0.4) is 0 Å². The van der Waals surface area contributed by atoms with Crippen LogP contribution in [-0.4, -0.2) is 11.0 Å². The molecule has 0 spiro atoms. The van der Waals surface area contributed by atoms with Gasteiger partial charge in [0.2, 0.25) is 5.91 Å². The molecule has 0 aliphatic carbocycles. The van der Waals surface area contributed by atoms with E-state index in [0.29, 0.717) is 13.1 Å². The van der Waals surface area contributed by atoms with E-state index in [1.165, 1.54) is 0 Å². The van der Waals surface area contributed by atoms with Gasteiger partial charge in [-0.2, -0.15) is 0 Å². The van der Waals surface area contributed by atoms with Crippen molar-refractivity contribution in [3.05, 3.63) is 102 Å². The number of rotatable bonds is 8. The molecule has 1 atom stereocenters. The number of para-hydroxylation sites is 1. The van der Waals surface area contributed by atoms with Crippen molar-refractivity contribution >= 4 is 5.91 Å². The molecule has 0 radical (unpaired) electrons. The van der Waals surface area contributed by atoms with Crippen molar-refractivity contribution in [1.82, 2.24) is 10.6 Å². The van der Waals surface area contributed by atoms with Crippen LogP contribution in [0.15, 0.2) is 84.9 Å². The molecular formula is C23H24N2O2. The van der Waals surface area contributed by atoms with E-state index in [9.17, 15) is 9.90 Å². The second kappa shape index (κ2) is 9.55. The topological polar surface area (TPSA) is 61.4 Å². The van der Waals surface area contributed by atoms with Crippen molar-refractivity contribution in [2.45, 2.75) is 25.6 Å². The first-order chi connectivity index (χ1) is 13.2. The first-order valence-corrected chi connectivity index (χ1v) is 9.08. The molecule has 3 aromatic carbocycles. The molecule has 3 rings (SSSR count). The van der Waals surface area contributed by atoms with Gasteiger partial charge in [0.1, 0.15) is 5.75 Å². The molecule has 0 bridgehead atoms. The van der Waals surface area contributed by atoms with Gasteiger partial charge in [0.25, 0.3) is 0 Å². The fourth-order valence-electron chi connectivity index (χ4n) is 2.97. The van der Waals surface area contributed by atoms with Crippen molar-refractivity contribution in [3.63, 3.8) is 0 Å². The van der Waals surface area contributed by atoms with Gasteiger partial charge in [-0.15, -0.1) is 0 Å². The standard InChI is InChI=1S/C23H24N2O2/c26-22-14-8-7-13-20(22)21(24-16-18-9-3-1-4-10-18)15-23(27)25-17-19-11-5-2-6-12-19/h1-14,21,24,26H,15-17H2,(H,25,27)/t21-/m0/s1.